The molecule has 0 radical (unpaired) electrons. The van der Waals surface area contributed by atoms with Crippen LogP contribution in [0.3, 0.4) is 0 Å². The van der Waals surface area contributed by atoms with Gasteiger partial charge >= 0.3 is 4.87 Å². The van der Waals surface area contributed by atoms with Gasteiger partial charge in [-0.2, -0.15) is 11.8 Å². The summed E-state index contributed by atoms with van der Waals surface area (Å²) in [6, 6.07) is 19.2. The summed E-state index contributed by atoms with van der Waals surface area (Å²) in [5.74, 6) is 2.16. The van der Waals surface area contributed by atoms with Gasteiger partial charge in [0.1, 0.15) is 11.3 Å². The summed E-state index contributed by atoms with van der Waals surface area (Å²) in [7, 11) is -3.58. The van der Waals surface area contributed by atoms with Crippen molar-refractivity contribution in [1.29, 1.82) is 0 Å². The lowest BCUT2D eigenvalue weighted by molar-refractivity contribution is 0.138. The smallest absolute Gasteiger partial charge is 0.305 e. The van der Waals surface area contributed by atoms with Crippen LogP contribution in [0.5, 0.6) is 5.75 Å². The Kier molecular flexibility index (Phi) is 10.9. The molecular weight excluding hydrogens is 555 g/mol. The third-order valence-electron chi connectivity index (χ3n) is 6.01. The highest BCUT2D eigenvalue weighted by atomic mass is 32.2. The zero-order valence-electron chi connectivity index (χ0n) is 21.5. The minimum absolute atomic E-state index is 0.112. The number of H-pyrrole nitrogens is 1. The molecule has 0 saturated carbocycles. The van der Waals surface area contributed by atoms with Crippen molar-refractivity contribution in [1.82, 2.24) is 10.3 Å². The highest BCUT2D eigenvalue weighted by Gasteiger charge is 2.13. The zero-order chi connectivity index (χ0) is 27.5. The van der Waals surface area contributed by atoms with E-state index in [2.05, 4.69) is 15.0 Å². The van der Waals surface area contributed by atoms with Gasteiger partial charge in [0.15, 0.2) is 0 Å². The molecule has 0 saturated heterocycles. The standard InChI is InChI=1S/C28H33N3O5S3/c32-25-12-9-22(27-26(25)30-28(33)38-27)13-15-29-16-20-37-19-4-17-36-18-14-21-7-10-23(11-8-21)31-39(34,35)24-5-2-1-3-6-24/h1-3,5-12,29,31-32H,4,13-20H2,(H,30,33). The number of fused-ring (bicyclic) bond motifs is 1. The van der Waals surface area contributed by atoms with Crippen LogP contribution in [0.15, 0.2) is 76.4 Å². The molecular formula is C28H33N3O5S3. The van der Waals surface area contributed by atoms with E-state index >= 15 is 0 Å². The first-order valence-corrected chi connectivity index (χ1v) is 16.2. The van der Waals surface area contributed by atoms with Crippen molar-refractivity contribution in [2.24, 2.45) is 0 Å². The highest BCUT2D eigenvalue weighted by molar-refractivity contribution is 7.99. The maximum atomic E-state index is 12.4. The molecule has 0 spiro atoms. The molecule has 11 heteroatoms. The molecule has 0 fully saturated rings. The van der Waals surface area contributed by atoms with E-state index in [0.717, 1.165) is 71.0 Å². The van der Waals surface area contributed by atoms with Gasteiger partial charge < -0.3 is 20.1 Å². The van der Waals surface area contributed by atoms with Crippen LogP contribution in [-0.2, 0) is 27.6 Å². The lowest BCUT2D eigenvalue weighted by atomic mass is 10.1. The fourth-order valence-electron chi connectivity index (χ4n) is 3.97. The van der Waals surface area contributed by atoms with Crippen molar-refractivity contribution in [2.75, 3.05) is 42.5 Å². The predicted molar refractivity (Wildman–Crippen MR) is 161 cm³/mol. The number of thioether (sulfide) groups is 1. The number of aromatic amines is 1. The van der Waals surface area contributed by atoms with E-state index in [9.17, 15) is 18.3 Å². The Morgan fingerprint density at radius 1 is 0.923 bits per heavy atom. The number of phenolic OH excluding ortho intramolecular Hbond substituents is 1. The van der Waals surface area contributed by atoms with E-state index in [0.29, 0.717) is 24.4 Å². The molecule has 3 aromatic carbocycles. The molecule has 0 amide bonds. The van der Waals surface area contributed by atoms with Crippen molar-refractivity contribution in [2.45, 2.75) is 24.2 Å². The molecule has 0 aliphatic carbocycles. The lowest BCUT2D eigenvalue weighted by Gasteiger charge is -2.09. The van der Waals surface area contributed by atoms with Gasteiger partial charge in [0, 0.05) is 24.6 Å². The van der Waals surface area contributed by atoms with Gasteiger partial charge in [-0.25, -0.2) is 8.42 Å². The van der Waals surface area contributed by atoms with Crippen molar-refractivity contribution < 1.29 is 18.3 Å². The number of rotatable bonds is 16. The highest BCUT2D eigenvalue weighted by Crippen LogP contribution is 2.27. The number of phenols is 1. The second-order valence-electron chi connectivity index (χ2n) is 8.91. The van der Waals surface area contributed by atoms with Gasteiger partial charge in [-0.3, -0.25) is 9.52 Å². The van der Waals surface area contributed by atoms with Crippen LogP contribution in [0.4, 0.5) is 5.69 Å². The molecule has 0 aliphatic heterocycles. The van der Waals surface area contributed by atoms with E-state index in [1.807, 2.05) is 30.0 Å². The van der Waals surface area contributed by atoms with Crippen molar-refractivity contribution in [3.63, 3.8) is 0 Å². The van der Waals surface area contributed by atoms with Gasteiger partial charge in [-0.1, -0.05) is 47.7 Å². The minimum Gasteiger partial charge on any atom is -0.506 e. The molecule has 1 heterocycles. The normalized spacial score (nSPS) is 11.7. The fraction of sp³-hybridized carbons (Fsp3) is 0.321. The van der Waals surface area contributed by atoms with E-state index in [1.54, 1.807) is 48.5 Å². The van der Waals surface area contributed by atoms with Crippen LogP contribution in [0.1, 0.15) is 17.5 Å². The third kappa shape index (κ3) is 8.84. The van der Waals surface area contributed by atoms with Crippen LogP contribution in [-0.4, -0.2) is 56.3 Å². The number of nitrogens with one attached hydrogen (secondary N) is 3. The molecule has 1 aromatic heterocycles. The predicted octanol–water partition coefficient (Wildman–Crippen LogP) is 4.61. The fourth-order valence-corrected chi connectivity index (χ4v) is 6.76. The summed E-state index contributed by atoms with van der Waals surface area (Å²) in [4.78, 5) is 14.4. The number of thiazole rings is 1. The molecule has 0 atom stereocenters. The first kappa shape index (κ1) is 29.2. The van der Waals surface area contributed by atoms with Crippen LogP contribution in [0.25, 0.3) is 10.2 Å². The number of hydrogen-bond acceptors (Lipinski definition) is 8. The molecule has 4 N–H and O–H groups in total. The topological polar surface area (TPSA) is 121 Å². The maximum absolute atomic E-state index is 12.4. The van der Waals surface area contributed by atoms with E-state index in [-0.39, 0.29) is 15.5 Å². The van der Waals surface area contributed by atoms with Gasteiger partial charge in [-0.15, -0.1) is 0 Å². The molecule has 0 aliphatic rings. The van der Waals surface area contributed by atoms with Crippen molar-refractivity contribution in [3.8, 4) is 5.75 Å². The number of anilines is 1. The quantitative estimate of drug-likeness (QED) is 0.141. The molecule has 4 aromatic rings. The molecule has 4 rings (SSSR count). The third-order valence-corrected chi connectivity index (χ3v) is 9.43. The van der Waals surface area contributed by atoms with E-state index < -0.39 is 10.0 Å². The summed E-state index contributed by atoms with van der Waals surface area (Å²) >= 11 is 3.03. The lowest BCUT2D eigenvalue weighted by Crippen LogP contribution is -2.20. The Bertz CT molecular complexity index is 1490. The Balaban J connectivity index is 1.02. The Morgan fingerprint density at radius 3 is 2.51 bits per heavy atom. The molecule has 0 unspecified atom stereocenters. The molecule has 8 nitrogen and oxygen atoms in total. The van der Waals surface area contributed by atoms with E-state index in [1.165, 1.54) is 0 Å². The zero-order valence-corrected chi connectivity index (χ0v) is 24.0. The summed E-state index contributed by atoms with van der Waals surface area (Å²) in [6.45, 7) is 3.07. The van der Waals surface area contributed by atoms with Gasteiger partial charge in [0.2, 0.25) is 0 Å². The van der Waals surface area contributed by atoms with Crippen LogP contribution >= 0.6 is 23.1 Å². The first-order chi connectivity index (χ1) is 18.9. The molecule has 208 valence electrons. The Labute approximate surface area is 236 Å². The van der Waals surface area contributed by atoms with Crippen LogP contribution in [0, 0.1) is 0 Å². The summed E-state index contributed by atoms with van der Waals surface area (Å²) in [5.41, 5.74) is 3.22. The number of sulfonamides is 1. The number of ether oxygens (including phenoxy) is 1. The summed E-state index contributed by atoms with van der Waals surface area (Å²) in [6.07, 6.45) is 2.56. The summed E-state index contributed by atoms with van der Waals surface area (Å²) in [5, 5.41) is 13.3. The maximum Gasteiger partial charge on any atom is 0.305 e. The average molecular weight is 588 g/mol. The van der Waals surface area contributed by atoms with Crippen LogP contribution in [0.2, 0.25) is 0 Å². The van der Waals surface area contributed by atoms with Gasteiger partial charge in [-0.05, 0) is 73.0 Å². The Morgan fingerprint density at radius 2 is 1.72 bits per heavy atom. The monoisotopic (exact) mass is 587 g/mol. The van der Waals surface area contributed by atoms with Crippen LogP contribution < -0.4 is 14.9 Å². The molecule has 39 heavy (non-hydrogen) atoms. The second-order valence-corrected chi connectivity index (χ2v) is 12.8. The van der Waals surface area contributed by atoms with Gasteiger partial charge in [0.25, 0.3) is 10.0 Å². The first-order valence-electron chi connectivity index (χ1n) is 12.8. The minimum atomic E-state index is -3.58. The number of aromatic nitrogens is 1. The Hall–Kier alpha value is -2.83. The SMILES string of the molecule is O=c1[nH]c2c(O)ccc(CCNCCSCCCOCCc3ccc(NS(=O)(=O)c4ccccc4)cc3)c2s1. The largest absolute Gasteiger partial charge is 0.506 e. The number of hydrogen-bond donors (Lipinski definition) is 4. The average Bonchev–Trinajstić information content (AvgIpc) is 3.34. The number of aromatic hydroxyl groups is 1. The van der Waals surface area contributed by atoms with Crippen molar-refractivity contribution in [3.05, 3.63) is 87.5 Å². The van der Waals surface area contributed by atoms with Gasteiger partial charge in [0.05, 0.1) is 16.2 Å². The number of benzene rings is 3. The second kappa shape index (κ2) is 14.5. The molecule has 0 bridgehead atoms. The summed E-state index contributed by atoms with van der Waals surface area (Å²) < 4.78 is 34.0. The van der Waals surface area contributed by atoms with Crippen molar-refractivity contribution >= 4 is 49.0 Å². The van der Waals surface area contributed by atoms with E-state index in [4.69, 9.17) is 4.74 Å².